The highest BCUT2D eigenvalue weighted by Crippen LogP contribution is 2.17. The van der Waals surface area contributed by atoms with Gasteiger partial charge in [0.15, 0.2) is 5.96 Å². The summed E-state index contributed by atoms with van der Waals surface area (Å²) in [5.41, 5.74) is 7.89. The smallest absolute Gasteiger partial charge is 0.193 e. The second kappa shape index (κ2) is 7.84. The number of guanidine groups is 1. The van der Waals surface area contributed by atoms with Crippen molar-refractivity contribution >= 4 is 27.6 Å². The molecule has 0 saturated carbocycles. The van der Waals surface area contributed by atoms with E-state index in [4.69, 9.17) is 10.5 Å². The fraction of sp³-hybridized carbons (Fsp3) is 0.235. The fourth-order valence-electron chi connectivity index (χ4n) is 1.84. The summed E-state index contributed by atoms with van der Waals surface area (Å²) in [6, 6.07) is 15.6. The first-order valence-electron chi connectivity index (χ1n) is 7.11. The molecule has 0 aromatic heterocycles. The van der Waals surface area contributed by atoms with Crippen LogP contribution in [0.4, 0.5) is 5.69 Å². The minimum Gasteiger partial charge on any atom is -0.491 e. The topological polar surface area (TPSA) is 59.6 Å². The van der Waals surface area contributed by atoms with Gasteiger partial charge in [-0.05, 0) is 55.8 Å². The summed E-state index contributed by atoms with van der Waals surface area (Å²) < 4.78 is 6.65. The average molecular weight is 362 g/mol. The molecule has 0 aliphatic heterocycles. The molecule has 116 valence electrons. The Morgan fingerprint density at radius 1 is 1.14 bits per heavy atom. The first kappa shape index (κ1) is 16.4. The second-order valence-electron chi connectivity index (χ2n) is 5.14. The van der Waals surface area contributed by atoms with Gasteiger partial charge < -0.3 is 15.8 Å². The van der Waals surface area contributed by atoms with E-state index in [1.165, 1.54) is 0 Å². The minimum absolute atomic E-state index is 0.163. The zero-order valence-electron chi connectivity index (χ0n) is 12.7. The van der Waals surface area contributed by atoms with Gasteiger partial charge in [-0.2, -0.15) is 0 Å². The quantitative estimate of drug-likeness (QED) is 0.620. The van der Waals surface area contributed by atoms with Crippen LogP contribution in [-0.2, 0) is 6.54 Å². The Balaban J connectivity index is 1.91. The number of hydrogen-bond acceptors (Lipinski definition) is 2. The number of halogens is 1. The second-order valence-corrected chi connectivity index (χ2v) is 6.06. The molecule has 0 amide bonds. The van der Waals surface area contributed by atoms with Crippen molar-refractivity contribution < 1.29 is 4.74 Å². The largest absolute Gasteiger partial charge is 0.491 e. The molecule has 0 fully saturated rings. The zero-order chi connectivity index (χ0) is 15.9. The predicted molar refractivity (Wildman–Crippen MR) is 95.3 cm³/mol. The number of nitrogens with one attached hydrogen (secondary N) is 1. The highest BCUT2D eigenvalue weighted by molar-refractivity contribution is 9.10. The first-order valence-corrected chi connectivity index (χ1v) is 7.90. The van der Waals surface area contributed by atoms with Crippen molar-refractivity contribution in [2.45, 2.75) is 26.5 Å². The molecule has 3 N–H and O–H groups in total. The lowest BCUT2D eigenvalue weighted by Gasteiger charge is -2.11. The molecule has 4 nitrogen and oxygen atoms in total. The average Bonchev–Trinajstić information content (AvgIpc) is 2.48. The van der Waals surface area contributed by atoms with Gasteiger partial charge in [-0.3, -0.25) is 0 Å². The Labute approximate surface area is 139 Å². The Morgan fingerprint density at radius 3 is 2.36 bits per heavy atom. The zero-order valence-corrected chi connectivity index (χ0v) is 14.3. The Morgan fingerprint density at radius 2 is 1.77 bits per heavy atom. The number of rotatable bonds is 5. The number of hydrogen-bond donors (Lipinski definition) is 2. The van der Waals surface area contributed by atoms with Crippen LogP contribution in [0.1, 0.15) is 19.4 Å². The number of aliphatic imine (C=N–C) groups is 1. The first-order chi connectivity index (χ1) is 10.5. The maximum Gasteiger partial charge on any atom is 0.193 e. The normalized spacial score (nSPS) is 11.5. The summed E-state index contributed by atoms with van der Waals surface area (Å²) >= 11 is 3.41. The van der Waals surface area contributed by atoms with Crippen LogP contribution in [0, 0.1) is 0 Å². The Kier molecular flexibility index (Phi) is 5.83. The number of anilines is 1. The van der Waals surface area contributed by atoms with Gasteiger partial charge >= 0.3 is 0 Å². The van der Waals surface area contributed by atoms with Crippen LogP contribution < -0.4 is 15.8 Å². The summed E-state index contributed by atoms with van der Waals surface area (Å²) in [6.07, 6.45) is 0.163. The monoisotopic (exact) mass is 361 g/mol. The van der Waals surface area contributed by atoms with Crippen molar-refractivity contribution in [1.29, 1.82) is 0 Å². The standard InChI is InChI=1S/C17H20BrN3O/c1-12(2)22-16-9-7-15(8-10-16)21-17(19)20-11-13-3-5-14(18)6-4-13/h3-10,12H,11H2,1-2H3,(H3,19,20,21). The molecule has 0 bridgehead atoms. The van der Waals surface area contributed by atoms with E-state index >= 15 is 0 Å². The Hall–Kier alpha value is -2.01. The molecule has 0 saturated heterocycles. The van der Waals surface area contributed by atoms with Gasteiger partial charge in [-0.25, -0.2) is 4.99 Å². The van der Waals surface area contributed by atoms with Crippen molar-refractivity contribution in [3.8, 4) is 5.75 Å². The van der Waals surface area contributed by atoms with Gasteiger partial charge in [-0.1, -0.05) is 28.1 Å². The van der Waals surface area contributed by atoms with Crippen LogP contribution in [0.2, 0.25) is 0 Å². The van der Waals surface area contributed by atoms with E-state index in [1.807, 2.05) is 62.4 Å². The highest BCUT2D eigenvalue weighted by atomic mass is 79.9. The molecule has 2 aromatic rings. The third kappa shape index (κ3) is 5.41. The summed E-state index contributed by atoms with van der Waals surface area (Å²) in [5, 5.41) is 3.07. The van der Waals surface area contributed by atoms with Crippen molar-refractivity contribution in [1.82, 2.24) is 0 Å². The summed E-state index contributed by atoms with van der Waals surface area (Å²) in [7, 11) is 0. The van der Waals surface area contributed by atoms with E-state index in [0.29, 0.717) is 12.5 Å². The van der Waals surface area contributed by atoms with Gasteiger partial charge in [0.05, 0.1) is 12.6 Å². The summed E-state index contributed by atoms with van der Waals surface area (Å²) in [6.45, 7) is 4.54. The van der Waals surface area contributed by atoms with E-state index in [9.17, 15) is 0 Å². The van der Waals surface area contributed by atoms with Gasteiger partial charge in [0, 0.05) is 10.2 Å². The van der Waals surface area contributed by atoms with Gasteiger partial charge in [0.2, 0.25) is 0 Å². The molecule has 5 heteroatoms. The number of nitrogens with zero attached hydrogens (tertiary/aromatic N) is 1. The lowest BCUT2D eigenvalue weighted by atomic mass is 10.2. The van der Waals surface area contributed by atoms with E-state index in [-0.39, 0.29) is 6.10 Å². The third-order valence-electron chi connectivity index (χ3n) is 2.84. The molecule has 2 aromatic carbocycles. The maximum atomic E-state index is 5.90. The van der Waals surface area contributed by atoms with Crippen LogP contribution in [0.3, 0.4) is 0 Å². The summed E-state index contributed by atoms with van der Waals surface area (Å²) in [5.74, 6) is 1.23. The lowest BCUT2D eigenvalue weighted by molar-refractivity contribution is 0.242. The third-order valence-corrected chi connectivity index (χ3v) is 3.37. The van der Waals surface area contributed by atoms with E-state index in [2.05, 4.69) is 26.2 Å². The van der Waals surface area contributed by atoms with Crippen LogP contribution >= 0.6 is 15.9 Å². The molecule has 2 rings (SSSR count). The van der Waals surface area contributed by atoms with E-state index < -0.39 is 0 Å². The van der Waals surface area contributed by atoms with Crippen LogP contribution in [-0.4, -0.2) is 12.1 Å². The van der Waals surface area contributed by atoms with Crippen molar-refractivity contribution in [3.63, 3.8) is 0 Å². The van der Waals surface area contributed by atoms with Crippen molar-refractivity contribution in [2.75, 3.05) is 5.32 Å². The fourth-order valence-corrected chi connectivity index (χ4v) is 2.11. The van der Waals surface area contributed by atoms with E-state index in [0.717, 1.165) is 21.5 Å². The molecule has 0 aliphatic carbocycles. The molecule has 0 unspecified atom stereocenters. The van der Waals surface area contributed by atoms with Crippen molar-refractivity contribution in [2.24, 2.45) is 10.7 Å². The van der Waals surface area contributed by atoms with Crippen LogP contribution in [0.25, 0.3) is 0 Å². The molecule has 0 heterocycles. The van der Waals surface area contributed by atoms with Crippen LogP contribution in [0.15, 0.2) is 58.0 Å². The number of ether oxygens (including phenoxy) is 1. The molecule has 0 atom stereocenters. The number of nitrogens with two attached hydrogens (primary N) is 1. The molecule has 0 radical (unpaired) electrons. The van der Waals surface area contributed by atoms with Crippen molar-refractivity contribution in [3.05, 3.63) is 58.6 Å². The van der Waals surface area contributed by atoms with Gasteiger partial charge in [-0.15, -0.1) is 0 Å². The summed E-state index contributed by atoms with van der Waals surface area (Å²) in [4.78, 5) is 4.33. The SMILES string of the molecule is CC(C)Oc1ccc(NC(N)=NCc2ccc(Br)cc2)cc1. The molecular formula is C17H20BrN3O. The molecule has 0 spiro atoms. The minimum atomic E-state index is 0.163. The number of benzene rings is 2. The van der Waals surface area contributed by atoms with Gasteiger partial charge in [0.1, 0.15) is 5.75 Å². The Bertz CT molecular complexity index is 621. The molecule has 22 heavy (non-hydrogen) atoms. The molecular weight excluding hydrogens is 342 g/mol. The van der Waals surface area contributed by atoms with Gasteiger partial charge in [0.25, 0.3) is 0 Å². The van der Waals surface area contributed by atoms with E-state index in [1.54, 1.807) is 0 Å². The molecule has 0 aliphatic rings. The maximum absolute atomic E-state index is 5.90. The van der Waals surface area contributed by atoms with Crippen LogP contribution in [0.5, 0.6) is 5.75 Å². The predicted octanol–water partition coefficient (Wildman–Crippen LogP) is 4.16. The lowest BCUT2D eigenvalue weighted by Crippen LogP contribution is -2.22. The highest BCUT2D eigenvalue weighted by Gasteiger charge is 1.99.